The molecule has 0 radical (unpaired) electrons. The quantitative estimate of drug-likeness (QED) is 0.608. The molecular weight excluding hydrogens is 328 g/mol. The van der Waals surface area contributed by atoms with Gasteiger partial charge in [-0.2, -0.15) is 0 Å². The molecule has 2 heteroatoms. The SMILES string of the molecule is CN(C)CC1=CCC(c2ccc3ccccc3c2CNc2ccccc2)=C1. The molecule has 0 aliphatic heterocycles. The second-order valence-electron chi connectivity index (χ2n) is 7.42. The first kappa shape index (κ1) is 17.6. The van der Waals surface area contributed by atoms with Crippen molar-refractivity contribution in [2.75, 3.05) is 26.0 Å². The van der Waals surface area contributed by atoms with E-state index < -0.39 is 0 Å². The van der Waals surface area contributed by atoms with Gasteiger partial charge in [-0.25, -0.2) is 0 Å². The van der Waals surface area contributed by atoms with Gasteiger partial charge in [0.1, 0.15) is 0 Å². The van der Waals surface area contributed by atoms with E-state index in [0.717, 1.165) is 25.2 Å². The van der Waals surface area contributed by atoms with E-state index in [0.29, 0.717) is 0 Å². The highest BCUT2D eigenvalue weighted by Crippen LogP contribution is 2.33. The molecule has 1 N–H and O–H groups in total. The lowest BCUT2D eigenvalue weighted by Gasteiger charge is -2.16. The highest BCUT2D eigenvalue weighted by molar-refractivity contribution is 5.91. The molecule has 0 spiro atoms. The Kier molecular flexibility index (Phi) is 5.08. The van der Waals surface area contributed by atoms with Crippen LogP contribution in [0.25, 0.3) is 16.3 Å². The highest BCUT2D eigenvalue weighted by atomic mass is 15.0. The zero-order valence-electron chi connectivity index (χ0n) is 16.1. The molecule has 4 rings (SSSR count). The van der Waals surface area contributed by atoms with Crippen LogP contribution >= 0.6 is 0 Å². The Morgan fingerprint density at radius 2 is 1.67 bits per heavy atom. The Labute approximate surface area is 161 Å². The lowest BCUT2D eigenvalue weighted by Crippen LogP contribution is -2.13. The third kappa shape index (κ3) is 3.96. The maximum absolute atomic E-state index is 3.61. The molecule has 0 saturated heterocycles. The van der Waals surface area contributed by atoms with E-state index in [2.05, 4.69) is 103 Å². The number of nitrogens with one attached hydrogen (secondary N) is 1. The maximum atomic E-state index is 3.61. The summed E-state index contributed by atoms with van der Waals surface area (Å²) >= 11 is 0. The molecule has 27 heavy (non-hydrogen) atoms. The molecule has 3 aromatic carbocycles. The zero-order valence-corrected chi connectivity index (χ0v) is 16.1. The molecule has 1 aliphatic carbocycles. The van der Waals surface area contributed by atoms with E-state index in [1.165, 1.54) is 33.0 Å². The van der Waals surface area contributed by atoms with Crippen molar-refractivity contribution < 1.29 is 0 Å². The van der Waals surface area contributed by atoms with Crippen molar-refractivity contribution >= 4 is 22.0 Å². The van der Waals surface area contributed by atoms with Gasteiger partial charge in [-0.15, -0.1) is 0 Å². The average molecular weight is 354 g/mol. The Morgan fingerprint density at radius 1 is 0.889 bits per heavy atom. The van der Waals surface area contributed by atoms with Crippen LogP contribution in [0.4, 0.5) is 5.69 Å². The van der Waals surface area contributed by atoms with E-state index in [4.69, 9.17) is 0 Å². The van der Waals surface area contributed by atoms with E-state index in [1.807, 2.05) is 0 Å². The standard InChI is InChI=1S/C25H26N2/c1-27(2)18-19-12-13-21(16-19)24-15-14-20-8-6-7-11-23(20)25(24)17-26-22-9-4-3-5-10-22/h3-12,14-16,26H,13,17-18H2,1-2H3. The normalized spacial score (nSPS) is 13.7. The first-order valence-corrected chi connectivity index (χ1v) is 9.55. The molecule has 0 atom stereocenters. The molecular formula is C25H26N2. The highest BCUT2D eigenvalue weighted by Gasteiger charge is 2.15. The molecule has 0 fully saturated rings. The Balaban J connectivity index is 1.70. The second kappa shape index (κ2) is 7.81. The van der Waals surface area contributed by atoms with Gasteiger partial charge in [0.2, 0.25) is 0 Å². The van der Waals surface area contributed by atoms with Crippen LogP contribution in [-0.2, 0) is 6.54 Å². The minimum absolute atomic E-state index is 0.820. The summed E-state index contributed by atoms with van der Waals surface area (Å²) in [6, 6.07) is 23.7. The van der Waals surface area contributed by atoms with Crippen LogP contribution in [0.5, 0.6) is 0 Å². The monoisotopic (exact) mass is 354 g/mol. The van der Waals surface area contributed by atoms with Crippen molar-refractivity contribution in [1.82, 2.24) is 4.90 Å². The zero-order chi connectivity index (χ0) is 18.6. The number of para-hydroxylation sites is 1. The lowest BCUT2D eigenvalue weighted by molar-refractivity contribution is 0.449. The largest absolute Gasteiger partial charge is 0.381 e. The number of anilines is 1. The van der Waals surface area contributed by atoms with Crippen molar-refractivity contribution in [3.05, 3.63) is 95.6 Å². The molecule has 1 aliphatic rings. The fraction of sp³-hybridized carbons (Fsp3) is 0.200. The lowest BCUT2D eigenvalue weighted by atomic mass is 9.93. The van der Waals surface area contributed by atoms with Crippen molar-refractivity contribution in [1.29, 1.82) is 0 Å². The Morgan fingerprint density at radius 3 is 2.48 bits per heavy atom. The first-order chi connectivity index (χ1) is 13.2. The molecule has 0 amide bonds. The van der Waals surface area contributed by atoms with E-state index in [1.54, 1.807) is 0 Å². The molecule has 2 nitrogen and oxygen atoms in total. The number of likely N-dealkylation sites (N-methyl/N-ethyl adjacent to an activating group) is 1. The Bertz CT molecular complexity index is 997. The van der Waals surface area contributed by atoms with E-state index in [-0.39, 0.29) is 0 Å². The summed E-state index contributed by atoms with van der Waals surface area (Å²) in [7, 11) is 4.25. The van der Waals surface area contributed by atoms with Crippen LogP contribution in [0, 0.1) is 0 Å². The van der Waals surface area contributed by atoms with Gasteiger partial charge in [0, 0.05) is 18.8 Å². The summed E-state index contributed by atoms with van der Waals surface area (Å²) in [5.41, 5.74) is 6.72. The van der Waals surface area contributed by atoms with Crippen LogP contribution in [0.15, 0.2) is 84.5 Å². The topological polar surface area (TPSA) is 15.3 Å². The molecule has 3 aromatic rings. The summed E-state index contributed by atoms with van der Waals surface area (Å²) < 4.78 is 0. The third-order valence-corrected chi connectivity index (χ3v) is 5.07. The van der Waals surface area contributed by atoms with Crippen LogP contribution in [0.3, 0.4) is 0 Å². The van der Waals surface area contributed by atoms with Crippen molar-refractivity contribution in [3.8, 4) is 0 Å². The third-order valence-electron chi connectivity index (χ3n) is 5.07. The maximum Gasteiger partial charge on any atom is 0.0413 e. The smallest absolute Gasteiger partial charge is 0.0413 e. The van der Waals surface area contributed by atoms with Gasteiger partial charge in [-0.3, -0.25) is 0 Å². The van der Waals surface area contributed by atoms with Gasteiger partial charge in [-0.1, -0.05) is 66.7 Å². The molecule has 0 bridgehead atoms. The van der Waals surface area contributed by atoms with Gasteiger partial charge in [0.15, 0.2) is 0 Å². The van der Waals surface area contributed by atoms with Crippen LogP contribution < -0.4 is 5.32 Å². The fourth-order valence-corrected chi connectivity index (χ4v) is 3.82. The van der Waals surface area contributed by atoms with Crippen molar-refractivity contribution in [2.24, 2.45) is 0 Å². The number of hydrogen-bond donors (Lipinski definition) is 1. The summed E-state index contributed by atoms with van der Waals surface area (Å²) in [6.45, 7) is 1.82. The number of allylic oxidation sites excluding steroid dienone is 2. The van der Waals surface area contributed by atoms with Crippen LogP contribution in [-0.4, -0.2) is 25.5 Å². The summed E-state index contributed by atoms with van der Waals surface area (Å²) in [4.78, 5) is 2.23. The summed E-state index contributed by atoms with van der Waals surface area (Å²) in [5, 5.41) is 6.24. The minimum Gasteiger partial charge on any atom is -0.381 e. The Hall–Kier alpha value is -2.84. The predicted molar refractivity (Wildman–Crippen MR) is 117 cm³/mol. The van der Waals surface area contributed by atoms with Gasteiger partial charge >= 0.3 is 0 Å². The van der Waals surface area contributed by atoms with Gasteiger partial charge in [-0.05, 0) is 65.7 Å². The molecule has 0 saturated carbocycles. The summed E-state index contributed by atoms with van der Waals surface area (Å²) in [6.07, 6.45) is 5.74. The number of benzene rings is 3. The van der Waals surface area contributed by atoms with Gasteiger partial charge in [0.25, 0.3) is 0 Å². The van der Waals surface area contributed by atoms with Crippen LogP contribution in [0.2, 0.25) is 0 Å². The number of rotatable bonds is 6. The van der Waals surface area contributed by atoms with Crippen molar-refractivity contribution in [3.63, 3.8) is 0 Å². The van der Waals surface area contributed by atoms with Crippen LogP contribution in [0.1, 0.15) is 17.5 Å². The van der Waals surface area contributed by atoms with Gasteiger partial charge < -0.3 is 10.2 Å². The minimum atomic E-state index is 0.820. The second-order valence-corrected chi connectivity index (χ2v) is 7.42. The fourth-order valence-electron chi connectivity index (χ4n) is 3.82. The van der Waals surface area contributed by atoms with E-state index >= 15 is 0 Å². The number of fused-ring (bicyclic) bond motifs is 1. The number of nitrogens with zero attached hydrogens (tertiary/aromatic N) is 1. The molecule has 136 valence electrons. The predicted octanol–water partition coefficient (Wildman–Crippen LogP) is 5.73. The summed E-state index contributed by atoms with van der Waals surface area (Å²) in [5.74, 6) is 0. The molecule has 0 aromatic heterocycles. The average Bonchev–Trinajstić information content (AvgIpc) is 3.14. The first-order valence-electron chi connectivity index (χ1n) is 9.55. The van der Waals surface area contributed by atoms with Crippen molar-refractivity contribution in [2.45, 2.75) is 13.0 Å². The molecule has 0 heterocycles. The van der Waals surface area contributed by atoms with Gasteiger partial charge in [0.05, 0.1) is 0 Å². The van der Waals surface area contributed by atoms with E-state index in [9.17, 15) is 0 Å². The number of hydrogen-bond acceptors (Lipinski definition) is 2. The molecule has 0 unspecified atom stereocenters.